The van der Waals surface area contributed by atoms with E-state index in [-0.39, 0.29) is 11.0 Å². The van der Waals surface area contributed by atoms with Crippen molar-refractivity contribution < 1.29 is 0 Å². The molecule has 1 rings (SSSR count). The summed E-state index contributed by atoms with van der Waals surface area (Å²) in [5, 5.41) is 0. The minimum Gasteiger partial charge on any atom is -0.298 e. The molecule has 2 heteroatoms. The van der Waals surface area contributed by atoms with Crippen LogP contribution in [-0.2, 0) is 0 Å². The van der Waals surface area contributed by atoms with Gasteiger partial charge in [-0.25, -0.2) is 0 Å². The Hall–Kier alpha value is -0.0800. The summed E-state index contributed by atoms with van der Waals surface area (Å²) in [7, 11) is 2.27. The van der Waals surface area contributed by atoms with Crippen LogP contribution in [0.15, 0.2) is 0 Å². The SMILES string of the molecule is CC1C(C)N(C(C)(C)C(C)(C)C)C(C)C(C)N1C. The summed E-state index contributed by atoms with van der Waals surface area (Å²) in [6.07, 6.45) is 0. The number of hydrogen-bond acceptors (Lipinski definition) is 2. The second-order valence-electron chi connectivity index (χ2n) is 7.84. The summed E-state index contributed by atoms with van der Waals surface area (Å²) in [4.78, 5) is 5.28. The molecule has 1 aliphatic rings. The van der Waals surface area contributed by atoms with Crippen LogP contribution >= 0.6 is 0 Å². The van der Waals surface area contributed by atoms with Gasteiger partial charge in [0.15, 0.2) is 0 Å². The van der Waals surface area contributed by atoms with Gasteiger partial charge in [0.2, 0.25) is 0 Å². The molecule has 0 aromatic carbocycles. The normalized spacial score (nSPS) is 37.0. The van der Waals surface area contributed by atoms with Crippen LogP contribution in [0.2, 0.25) is 0 Å². The summed E-state index contributed by atoms with van der Waals surface area (Å²) in [5.41, 5.74) is 0.487. The van der Waals surface area contributed by atoms with E-state index in [1.165, 1.54) is 0 Å². The molecule has 2 nitrogen and oxygen atoms in total. The van der Waals surface area contributed by atoms with Crippen molar-refractivity contribution in [1.82, 2.24) is 9.80 Å². The minimum absolute atomic E-state index is 0.204. The second kappa shape index (κ2) is 4.79. The summed E-state index contributed by atoms with van der Waals surface area (Å²) in [6.45, 7) is 21.4. The average molecular weight is 254 g/mol. The maximum absolute atomic E-state index is 2.75. The van der Waals surface area contributed by atoms with Crippen LogP contribution in [0.1, 0.15) is 62.3 Å². The van der Waals surface area contributed by atoms with Gasteiger partial charge in [0.1, 0.15) is 0 Å². The van der Waals surface area contributed by atoms with E-state index < -0.39 is 0 Å². The first-order chi connectivity index (χ1) is 7.93. The predicted molar refractivity (Wildman–Crippen MR) is 81.0 cm³/mol. The van der Waals surface area contributed by atoms with E-state index in [1.54, 1.807) is 0 Å². The number of piperazine rings is 1. The lowest BCUT2D eigenvalue weighted by Gasteiger charge is -2.60. The van der Waals surface area contributed by atoms with E-state index in [1.807, 2.05) is 0 Å². The molecule has 1 saturated heterocycles. The molecule has 0 spiro atoms. The van der Waals surface area contributed by atoms with Gasteiger partial charge in [-0.05, 0) is 54.0 Å². The minimum atomic E-state index is 0.204. The Balaban J connectivity index is 3.14. The summed E-state index contributed by atoms with van der Waals surface area (Å²) in [5.74, 6) is 0. The number of rotatable bonds is 1. The fraction of sp³-hybridized carbons (Fsp3) is 1.00. The maximum atomic E-state index is 2.75. The lowest BCUT2D eigenvalue weighted by Crippen LogP contribution is -2.71. The van der Waals surface area contributed by atoms with Crippen molar-refractivity contribution in [1.29, 1.82) is 0 Å². The van der Waals surface area contributed by atoms with Crippen LogP contribution in [0, 0.1) is 5.41 Å². The smallest absolute Gasteiger partial charge is 0.0229 e. The molecular weight excluding hydrogens is 220 g/mol. The number of hydrogen-bond donors (Lipinski definition) is 0. The van der Waals surface area contributed by atoms with E-state index >= 15 is 0 Å². The van der Waals surface area contributed by atoms with Gasteiger partial charge in [-0.15, -0.1) is 0 Å². The highest BCUT2D eigenvalue weighted by molar-refractivity contribution is 5.04. The van der Waals surface area contributed by atoms with Gasteiger partial charge in [0.25, 0.3) is 0 Å². The van der Waals surface area contributed by atoms with Crippen LogP contribution in [-0.4, -0.2) is 46.6 Å². The van der Waals surface area contributed by atoms with Crippen molar-refractivity contribution in [3.63, 3.8) is 0 Å². The molecule has 108 valence electrons. The summed E-state index contributed by atoms with van der Waals surface area (Å²) < 4.78 is 0. The van der Waals surface area contributed by atoms with Gasteiger partial charge >= 0.3 is 0 Å². The van der Waals surface area contributed by atoms with Crippen LogP contribution in [0.5, 0.6) is 0 Å². The number of likely N-dealkylation sites (N-methyl/N-ethyl adjacent to an activating group) is 1. The van der Waals surface area contributed by atoms with E-state index in [4.69, 9.17) is 0 Å². The molecule has 0 N–H and O–H groups in total. The highest BCUT2D eigenvalue weighted by atomic mass is 15.4. The maximum Gasteiger partial charge on any atom is 0.0229 e. The lowest BCUT2D eigenvalue weighted by molar-refractivity contribution is -0.112. The van der Waals surface area contributed by atoms with Crippen molar-refractivity contribution in [2.24, 2.45) is 5.41 Å². The highest BCUT2D eigenvalue weighted by Crippen LogP contribution is 2.41. The zero-order chi connectivity index (χ0) is 14.5. The largest absolute Gasteiger partial charge is 0.298 e. The van der Waals surface area contributed by atoms with Crippen LogP contribution in [0.4, 0.5) is 0 Å². The Morgan fingerprint density at radius 2 is 1.00 bits per heavy atom. The van der Waals surface area contributed by atoms with Crippen molar-refractivity contribution in [3.8, 4) is 0 Å². The predicted octanol–water partition coefficient (Wildman–Crippen LogP) is 3.61. The molecule has 0 aliphatic carbocycles. The Labute approximate surface area is 115 Å². The third-order valence-electron chi connectivity index (χ3n) is 6.04. The van der Waals surface area contributed by atoms with Crippen LogP contribution in [0.3, 0.4) is 0 Å². The molecule has 1 heterocycles. The van der Waals surface area contributed by atoms with Crippen molar-refractivity contribution in [2.75, 3.05) is 7.05 Å². The molecule has 0 aromatic rings. The molecule has 0 saturated carbocycles. The molecule has 0 bridgehead atoms. The lowest BCUT2D eigenvalue weighted by atomic mass is 9.72. The third kappa shape index (κ3) is 2.34. The third-order valence-corrected chi connectivity index (χ3v) is 6.04. The molecule has 1 aliphatic heterocycles. The van der Waals surface area contributed by atoms with Crippen molar-refractivity contribution in [3.05, 3.63) is 0 Å². The summed E-state index contributed by atoms with van der Waals surface area (Å²) in [6, 6.07) is 2.40. The van der Waals surface area contributed by atoms with Gasteiger partial charge in [-0.2, -0.15) is 0 Å². The van der Waals surface area contributed by atoms with E-state index in [9.17, 15) is 0 Å². The monoisotopic (exact) mass is 254 g/mol. The van der Waals surface area contributed by atoms with Crippen molar-refractivity contribution in [2.45, 2.75) is 92.0 Å². The Morgan fingerprint density at radius 1 is 0.667 bits per heavy atom. The first-order valence-electron chi connectivity index (χ1n) is 7.43. The second-order valence-corrected chi connectivity index (χ2v) is 7.84. The van der Waals surface area contributed by atoms with Gasteiger partial charge in [0.05, 0.1) is 0 Å². The molecule has 18 heavy (non-hydrogen) atoms. The highest BCUT2D eigenvalue weighted by Gasteiger charge is 2.48. The fourth-order valence-corrected chi connectivity index (χ4v) is 3.29. The quantitative estimate of drug-likeness (QED) is 0.705. The van der Waals surface area contributed by atoms with E-state index in [0.29, 0.717) is 24.2 Å². The molecule has 0 aromatic heterocycles. The Morgan fingerprint density at radius 3 is 1.28 bits per heavy atom. The zero-order valence-corrected chi connectivity index (χ0v) is 14.2. The van der Waals surface area contributed by atoms with Gasteiger partial charge in [-0.3, -0.25) is 9.80 Å². The van der Waals surface area contributed by atoms with Crippen LogP contribution < -0.4 is 0 Å². The Kier molecular flexibility index (Phi) is 4.25. The number of nitrogens with zero attached hydrogens (tertiary/aromatic N) is 2. The topological polar surface area (TPSA) is 6.48 Å². The Bertz CT molecular complexity index is 274. The molecule has 1 fully saturated rings. The van der Waals surface area contributed by atoms with Gasteiger partial charge in [-0.1, -0.05) is 20.8 Å². The first-order valence-corrected chi connectivity index (χ1v) is 7.43. The molecule has 0 radical (unpaired) electrons. The first kappa shape index (κ1) is 16.0. The molecule has 0 amide bonds. The van der Waals surface area contributed by atoms with Crippen LogP contribution in [0.25, 0.3) is 0 Å². The zero-order valence-electron chi connectivity index (χ0n) is 14.2. The van der Waals surface area contributed by atoms with Gasteiger partial charge in [0, 0.05) is 29.7 Å². The van der Waals surface area contributed by atoms with Crippen molar-refractivity contribution >= 4 is 0 Å². The molecular formula is C16H34N2. The molecule has 4 atom stereocenters. The van der Waals surface area contributed by atoms with E-state index in [0.717, 1.165) is 0 Å². The fourth-order valence-electron chi connectivity index (χ4n) is 3.29. The average Bonchev–Trinajstić information content (AvgIpc) is 2.22. The molecule has 4 unspecified atom stereocenters. The standard InChI is InChI=1S/C16H34N2/c1-11-13(3)18(14(4)12(2)17(11)10)16(8,9)15(5,6)7/h11-14H,1-10H3. The van der Waals surface area contributed by atoms with Gasteiger partial charge < -0.3 is 0 Å². The summed E-state index contributed by atoms with van der Waals surface area (Å²) >= 11 is 0. The van der Waals surface area contributed by atoms with E-state index in [2.05, 4.69) is 79.2 Å².